The Hall–Kier alpha value is -2.70. The van der Waals surface area contributed by atoms with Gasteiger partial charge >= 0.3 is 11.8 Å². The van der Waals surface area contributed by atoms with Crippen LogP contribution in [0.5, 0.6) is 5.75 Å². The summed E-state index contributed by atoms with van der Waals surface area (Å²) >= 11 is 0. The fourth-order valence-corrected chi connectivity index (χ4v) is 3.47. The van der Waals surface area contributed by atoms with Gasteiger partial charge in [-0.1, -0.05) is 34.6 Å². The summed E-state index contributed by atoms with van der Waals surface area (Å²) in [5, 5.41) is 8.07. The van der Waals surface area contributed by atoms with Gasteiger partial charge in [0.2, 0.25) is 0 Å². The van der Waals surface area contributed by atoms with Gasteiger partial charge in [0.1, 0.15) is 13.7 Å². The van der Waals surface area contributed by atoms with Gasteiger partial charge in [0, 0.05) is 11.1 Å². The van der Waals surface area contributed by atoms with E-state index in [2.05, 4.69) is 24.3 Å². The van der Waals surface area contributed by atoms with E-state index in [4.69, 9.17) is 14.4 Å². The number of benzene rings is 2. The largest absolute Gasteiger partial charge is 0.464 e. The number of ether oxygens (including phenoxy) is 2. The van der Waals surface area contributed by atoms with Gasteiger partial charge in [-0.2, -0.15) is 8.78 Å². The molecular formula is C21H23F3N2O5P2. The van der Waals surface area contributed by atoms with E-state index in [1.165, 1.54) is 36.4 Å². The maximum Gasteiger partial charge on any atom is 0.408 e. The molecule has 0 spiro atoms. The van der Waals surface area contributed by atoms with Crippen LogP contribution in [-0.2, 0) is 25.8 Å². The molecule has 178 valence electrons. The first-order valence-corrected chi connectivity index (χ1v) is 10.5. The zero-order valence-corrected chi connectivity index (χ0v) is 20.6. The molecule has 2 rings (SSSR count). The standard InChI is InChI=1S/C21H23F3N2O5P2/c1-11-6-5-7-13(18(26-29-4)20(27)28-3)14(11)10-30-25-12(2)17-16(32)9-8-15(22)19(17)31-21(23,24)33/h5-9H,10,32-33H2,1-4H3/b25-12+,26-18+. The van der Waals surface area contributed by atoms with Crippen molar-refractivity contribution in [2.24, 2.45) is 10.3 Å². The molecule has 12 heteroatoms. The Morgan fingerprint density at radius 3 is 2.45 bits per heavy atom. The molecule has 2 atom stereocenters. The topological polar surface area (TPSA) is 78.7 Å². The smallest absolute Gasteiger partial charge is 0.408 e. The molecule has 0 bridgehead atoms. The summed E-state index contributed by atoms with van der Waals surface area (Å²) < 4.78 is 50.3. The third kappa shape index (κ3) is 6.89. The second-order valence-electron chi connectivity index (χ2n) is 6.67. The summed E-state index contributed by atoms with van der Waals surface area (Å²) in [5.41, 5.74) is 1.76. The molecule has 33 heavy (non-hydrogen) atoms. The van der Waals surface area contributed by atoms with E-state index in [1.54, 1.807) is 25.1 Å². The molecule has 0 aromatic heterocycles. The van der Waals surface area contributed by atoms with Crippen molar-refractivity contribution in [1.29, 1.82) is 0 Å². The van der Waals surface area contributed by atoms with Crippen molar-refractivity contribution < 1.29 is 37.1 Å². The molecule has 0 aliphatic carbocycles. The molecule has 0 heterocycles. The number of oxime groups is 2. The lowest BCUT2D eigenvalue weighted by Crippen LogP contribution is -2.21. The Kier molecular flexibility index (Phi) is 9.20. The predicted molar refractivity (Wildman–Crippen MR) is 125 cm³/mol. The fraction of sp³-hybridized carbons (Fsp3) is 0.286. The zero-order chi connectivity index (χ0) is 24.8. The highest BCUT2D eigenvalue weighted by Gasteiger charge is 2.29. The maximum atomic E-state index is 14.2. The Morgan fingerprint density at radius 1 is 1.15 bits per heavy atom. The molecule has 0 radical (unpaired) electrons. The molecule has 0 N–H and O–H groups in total. The second-order valence-corrected chi connectivity index (χ2v) is 7.96. The van der Waals surface area contributed by atoms with E-state index in [0.717, 1.165) is 11.6 Å². The molecule has 0 saturated heterocycles. The average molecular weight is 502 g/mol. The summed E-state index contributed by atoms with van der Waals surface area (Å²) in [5.74, 6) is -6.04. The Bertz CT molecular complexity index is 1090. The highest BCUT2D eigenvalue weighted by Crippen LogP contribution is 2.32. The number of hydrogen-bond donors (Lipinski definition) is 0. The third-order valence-corrected chi connectivity index (χ3v) is 4.98. The van der Waals surface area contributed by atoms with Crippen molar-refractivity contribution >= 4 is 41.2 Å². The predicted octanol–water partition coefficient (Wildman–Crippen LogP) is 3.90. The third-order valence-electron chi connectivity index (χ3n) is 4.38. The average Bonchev–Trinajstić information content (AvgIpc) is 2.74. The van der Waals surface area contributed by atoms with Crippen LogP contribution < -0.4 is 10.0 Å². The number of halogens is 3. The van der Waals surface area contributed by atoms with E-state index < -0.39 is 23.4 Å². The maximum absolute atomic E-state index is 14.2. The van der Waals surface area contributed by atoms with Crippen LogP contribution in [0, 0.1) is 12.7 Å². The number of methoxy groups -OCH3 is 1. The van der Waals surface area contributed by atoms with Crippen LogP contribution in [0.15, 0.2) is 40.6 Å². The Balaban J connectivity index is 2.40. The monoisotopic (exact) mass is 502 g/mol. The zero-order valence-electron chi connectivity index (χ0n) is 18.3. The van der Waals surface area contributed by atoms with E-state index in [-0.39, 0.29) is 23.6 Å². The first-order valence-electron chi connectivity index (χ1n) is 9.39. The van der Waals surface area contributed by atoms with Gasteiger partial charge in [0.25, 0.3) is 0 Å². The van der Waals surface area contributed by atoms with Gasteiger partial charge in [-0.15, -0.1) is 9.24 Å². The first kappa shape index (κ1) is 26.6. The van der Waals surface area contributed by atoms with Crippen LogP contribution in [0.2, 0.25) is 0 Å². The molecule has 2 unspecified atom stereocenters. The van der Waals surface area contributed by atoms with Gasteiger partial charge in [0.05, 0.1) is 18.4 Å². The number of carbonyl (C=O) groups is 1. The van der Waals surface area contributed by atoms with Crippen LogP contribution in [0.25, 0.3) is 0 Å². The summed E-state index contributed by atoms with van der Waals surface area (Å²) in [7, 11) is 6.00. The van der Waals surface area contributed by atoms with Crippen LogP contribution >= 0.6 is 18.5 Å². The van der Waals surface area contributed by atoms with Crippen LogP contribution in [0.4, 0.5) is 13.2 Å². The van der Waals surface area contributed by atoms with Crippen molar-refractivity contribution in [1.82, 2.24) is 0 Å². The van der Waals surface area contributed by atoms with E-state index in [1.807, 2.05) is 0 Å². The number of alkyl halides is 2. The van der Waals surface area contributed by atoms with Gasteiger partial charge in [0.15, 0.2) is 17.3 Å². The lowest BCUT2D eigenvalue weighted by Gasteiger charge is -2.18. The minimum Gasteiger partial charge on any atom is -0.464 e. The minimum absolute atomic E-state index is 0.00308. The molecule has 0 saturated carbocycles. The molecule has 0 aliphatic rings. The summed E-state index contributed by atoms with van der Waals surface area (Å²) in [4.78, 5) is 22.3. The Labute approximate surface area is 193 Å². The highest BCUT2D eigenvalue weighted by molar-refractivity contribution is 7.27. The number of rotatable bonds is 9. The normalized spacial score (nSPS) is 12.4. The lowest BCUT2D eigenvalue weighted by atomic mass is 9.99. The number of carbonyl (C=O) groups excluding carboxylic acids is 1. The lowest BCUT2D eigenvalue weighted by molar-refractivity contribution is -0.132. The summed E-state index contributed by atoms with van der Waals surface area (Å²) in [6.45, 7) is 3.14. The first-order chi connectivity index (χ1) is 15.5. The minimum atomic E-state index is -3.68. The van der Waals surface area contributed by atoms with Crippen molar-refractivity contribution in [2.75, 3.05) is 14.2 Å². The van der Waals surface area contributed by atoms with E-state index >= 15 is 0 Å². The molecule has 0 aliphatic heterocycles. The highest BCUT2D eigenvalue weighted by atomic mass is 31.0. The quantitative estimate of drug-likeness (QED) is 0.225. The van der Waals surface area contributed by atoms with Crippen molar-refractivity contribution in [3.63, 3.8) is 0 Å². The van der Waals surface area contributed by atoms with E-state index in [9.17, 15) is 18.0 Å². The number of hydrogen-bond acceptors (Lipinski definition) is 7. The SMILES string of the molecule is CO/N=C(/C(=O)OC)c1cccc(C)c1CO/N=C(\C)c1c(P)ccc(F)c1OC(F)(F)P. The summed E-state index contributed by atoms with van der Waals surface area (Å²) in [6, 6.07) is 7.54. The van der Waals surface area contributed by atoms with Crippen molar-refractivity contribution in [2.45, 2.75) is 26.3 Å². The van der Waals surface area contributed by atoms with Crippen LogP contribution in [-0.4, -0.2) is 37.5 Å². The molecule has 0 amide bonds. The molecule has 2 aromatic carbocycles. The van der Waals surface area contributed by atoms with Crippen LogP contribution in [0.1, 0.15) is 29.2 Å². The number of aryl methyl sites for hydroxylation is 1. The van der Waals surface area contributed by atoms with Crippen molar-refractivity contribution in [3.05, 3.63) is 58.4 Å². The number of nitrogens with zero attached hydrogens (tertiary/aromatic N) is 2. The van der Waals surface area contributed by atoms with Gasteiger partial charge in [-0.05, 0) is 40.0 Å². The van der Waals surface area contributed by atoms with E-state index in [0.29, 0.717) is 16.4 Å². The fourth-order valence-electron chi connectivity index (χ4n) is 2.92. The molecule has 0 fully saturated rings. The summed E-state index contributed by atoms with van der Waals surface area (Å²) in [6.07, 6.45) is 0. The van der Waals surface area contributed by atoms with Gasteiger partial charge in [-0.25, -0.2) is 9.18 Å². The molecule has 7 nitrogen and oxygen atoms in total. The second kappa shape index (κ2) is 11.4. The Morgan fingerprint density at radius 2 is 1.85 bits per heavy atom. The van der Waals surface area contributed by atoms with Gasteiger partial charge in [-0.3, -0.25) is 0 Å². The number of esters is 1. The molecular weight excluding hydrogens is 479 g/mol. The van der Waals surface area contributed by atoms with Crippen LogP contribution in [0.3, 0.4) is 0 Å². The molecule has 2 aromatic rings. The van der Waals surface area contributed by atoms with Gasteiger partial charge < -0.3 is 19.1 Å². The van der Waals surface area contributed by atoms with Crippen molar-refractivity contribution in [3.8, 4) is 5.75 Å².